The van der Waals surface area contributed by atoms with E-state index in [9.17, 15) is 4.79 Å². The summed E-state index contributed by atoms with van der Waals surface area (Å²) in [5, 5.41) is 0.608. The molecule has 0 bridgehead atoms. The Morgan fingerprint density at radius 1 is 1.59 bits per heavy atom. The van der Waals surface area contributed by atoms with E-state index in [0.717, 1.165) is 17.7 Å². The molecule has 0 heterocycles. The first kappa shape index (κ1) is 12.6. The molecule has 1 aromatic carbocycles. The van der Waals surface area contributed by atoms with E-state index in [1.165, 1.54) is 11.8 Å². The van der Waals surface area contributed by atoms with Gasteiger partial charge < -0.3 is 10.6 Å². The van der Waals surface area contributed by atoms with Crippen molar-refractivity contribution in [3.05, 3.63) is 23.2 Å². The van der Waals surface area contributed by atoms with E-state index in [1.807, 2.05) is 18.0 Å². The summed E-state index contributed by atoms with van der Waals surface area (Å²) in [4.78, 5) is 14.5. The minimum Gasteiger partial charge on any atom is -0.399 e. The SMILES string of the molecule is CN(C(=O)CSc1ccc(N)cc1Cl)C1CC1. The number of carbonyl (C=O) groups is 1. The van der Waals surface area contributed by atoms with Gasteiger partial charge in [-0.1, -0.05) is 11.6 Å². The van der Waals surface area contributed by atoms with Crippen LogP contribution in [0, 0.1) is 0 Å². The lowest BCUT2D eigenvalue weighted by atomic mass is 10.3. The molecule has 3 nitrogen and oxygen atoms in total. The average molecular weight is 271 g/mol. The average Bonchev–Trinajstić information content (AvgIpc) is 3.10. The molecule has 0 radical (unpaired) electrons. The first-order valence-electron chi connectivity index (χ1n) is 5.51. The van der Waals surface area contributed by atoms with Gasteiger partial charge in [0.15, 0.2) is 0 Å². The molecule has 2 rings (SSSR count). The van der Waals surface area contributed by atoms with Gasteiger partial charge in [-0.25, -0.2) is 0 Å². The number of nitrogens with zero attached hydrogens (tertiary/aromatic N) is 1. The van der Waals surface area contributed by atoms with Crippen LogP contribution in [0.25, 0.3) is 0 Å². The van der Waals surface area contributed by atoms with Crippen LogP contribution in [0.4, 0.5) is 5.69 Å². The number of hydrogen-bond acceptors (Lipinski definition) is 3. The van der Waals surface area contributed by atoms with E-state index in [1.54, 1.807) is 12.1 Å². The third kappa shape index (κ3) is 3.30. The van der Waals surface area contributed by atoms with Crippen LogP contribution >= 0.6 is 23.4 Å². The van der Waals surface area contributed by atoms with Gasteiger partial charge in [-0.3, -0.25) is 4.79 Å². The summed E-state index contributed by atoms with van der Waals surface area (Å²) in [7, 11) is 1.87. The molecule has 1 aliphatic carbocycles. The number of nitrogen functional groups attached to an aromatic ring is 1. The van der Waals surface area contributed by atoms with Crippen LogP contribution in [0.2, 0.25) is 5.02 Å². The van der Waals surface area contributed by atoms with E-state index in [-0.39, 0.29) is 5.91 Å². The minimum absolute atomic E-state index is 0.158. The number of thioether (sulfide) groups is 1. The Kier molecular flexibility index (Phi) is 3.84. The number of carbonyl (C=O) groups excluding carboxylic acids is 1. The molecule has 0 aliphatic heterocycles. The Bertz CT molecular complexity index is 435. The van der Waals surface area contributed by atoms with Gasteiger partial charge in [0.2, 0.25) is 5.91 Å². The standard InChI is InChI=1S/C12H15ClN2OS/c1-15(9-3-4-9)12(16)7-17-11-5-2-8(14)6-10(11)13/h2,5-6,9H,3-4,7,14H2,1H3. The largest absolute Gasteiger partial charge is 0.399 e. The number of anilines is 1. The van der Waals surface area contributed by atoms with E-state index in [0.29, 0.717) is 22.5 Å². The van der Waals surface area contributed by atoms with Gasteiger partial charge in [-0.2, -0.15) is 0 Å². The van der Waals surface area contributed by atoms with Gasteiger partial charge in [0, 0.05) is 23.7 Å². The molecule has 17 heavy (non-hydrogen) atoms. The van der Waals surface area contributed by atoms with Crippen LogP contribution < -0.4 is 5.73 Å². The molecule has 0 aromatic heterocycles. The maximum atomic E-state index is 11.8. The van der Waals surface area contributed by atoms with E-state index < -0.39 is 0 Å². The van der Waals surface area contributed by atoms with Crippen LogP contribution in [0.1, 0.15) is 12.8 Å². The van der Waals surface area contributed by atoms with Gasteiger partial charge >= 0.3 is 0 Å². The zero-order chi connectivity index (χ0) is 12.4. The lowest BCUT2D eigenvalue weighted by Gasteiger charge is -2.15. The molecular weight excluding hydrogens is 256 g/mol. The van der Waals surface area contributed by atoms with Crippen molar-refractivity contribution in [1.82, 2.24) is 4.90 Å². The fourth-order valence-electron chi connectivity index (χ4n) is 1.54. The number of amides is 1. The van der Waals surface area contributed by atoms with Crippen molar-refractivity contribution in [3.63, 3.8) is 0 Å². The fraction of sp³-hybridized carbons (Fsp3) is 0.417. The van der Waals surface area contributed by atoms with Crippen LogP contribution in [0.3, 0.4) is 0 Å². The van der Waals surface area contributed by atoms with Gasteiger partial charge in [-0.05, 0) is 31.0 Å². The van der Waals surface area contributed by atoms with Gasteiger partial charge in [0.05, 0.1) is 10.8 Å². The van der Waals surface area contributed by atoms with E-state index >= 15 is 0 Å². The summed E-state index contributed by atoms with van der Waals surface area (Å²) < 4.78 is 0. The third-order valence-corrected chi connectivity index (χ3v) is 4.28. The Hall–Kier alpha value is -0.870. The molecular formula is C12H15ClN2OS. The second kappa shape index (κ2) is 5.19. The first-order chi connectivity index (χ1) is 8.08. The monoisotopic (exact) mass is 270 g/mol. The molecule has 1 aliphatic rings. The summed E-state index contributed by atoms with van der Waals surface area (Å²) in [5.74, 6) is 0.585. The molecule has 0 atom stereocenters. The first-order valence-corrected chi connectivity index (χ1v) is 6.88. The number of rotatable bonds is 4. The highest BCUT2D eigenvalue weighted by molar-refractivity contribution is 8.00. The number of halogens is 1. The Labute approximate surface area is 110 Å². The zero-order valence-electron chi connectivity index (χ0n) is 9.65. The summed E-state index contributed by atoms with van der Waals surface area (Å²) in [5.41, 5.74) is 6.25. The normalized spacial score (nSPS) is 14.7. The highest BCUT2D eigenvalue weighted by atomic mass is 35.5. The molecule has 0 unspecified atom stereocenters. The molecule has 1 fully saturated rings. The fourth-order valence-corrected chi connectivity index (χ4v) is 2.74. The number of nitrogens with two attached hydrogens (primary N) is 1. The predicted molar refractivity (Wildman–Crippen MR) is 72.4 cm³/mol. The number of benzene rings is 1. The van der Waals surface area contributed by atoms with Gasteiger partial charge in [0.1, 0.15) is 0 Å². The minimum atomic E-state index is 0.158. The smallest absolute Gasteiger partial charge is 0.232 e. The lowest BCUT2D eigenvalue weighted by Crippen LogP contribution is -2.30. The second-order valence-electron chi connectivity index (χ2n) is 4.21. The second-order valence-corrected chi connectivity index (χ2v) is 5.64. The molecule has 1 amide bonds. The molecule has 92 valence electrons. The van der Waals surface area contributed by atoms with Crippen LogP contribution in [-0.4, -0.2) is 29.6 Å². The Morgan fingerprint density at radius 2 is 2.29 bits per heavy atom. The zero-order valence-corrected chi connectivity index (χ0v) is 11.2. The van der Waals surface area contributed by atoms with Crippen molar-refractivity contribution in [1.29, 1.82) is 0 Å². The maximum Gasteiger partial charge on any atom is 0.232 e. The van der Waals surface area contributed by atoms with Crippen molar-refractivity contribution >= 4 is 35.0 Å². The summed E-state index contributed by atoms with van der Waals surface area (Å²) in [6, 6.07) is 5.82. The Morgan fingerprint density at radius 3 is 2.88 bits per heavy atom. The van der Waals surface area contributed by atoms with E-state index in [4.69, 9.17) is 17.3 Å². The molecule has 0 saturated heterocycles. The highest BCUT2D eigenvalue weighted by Crippen LogP contribution is 2.30. The molecule has 1 saturated carbocycles. The lowest BCUT2D eigenvalue weighted by molar-refractivity contribution is -0.127. The topological polar surface area (TPSA) is 46.3 Å². The van der Waals surface area contributed by atoms with Crippen molar-refractivity contribution < 1.29 is 4.79 Å². The van der Waals surface area contributed by atoms with Crippen LogP contribution in [-0.2, 0) is 4.79 Å². The molecule has 5 heteroatoms. The molecule has 2 N–H and O–H groups in total. The summed E-state index contributed by atoms with van der Waals surface area (Å²) in [6.07, 6.45) is 2.27. The van der Waals surface area contributed by atoms with Gasteiger partial charge in [0.25, 0.3) is 0 Å². The summed E-state index contributed by atoms with van der Waals surface area (Å²) in [6.45, 7) is 0. The highest BCUT2D eigenvalue weighted by Gasteiger charge is 2.29. The Balaban J connectivity index is 1.90. The van der Waals surface area contributed by atoms with Gasteiger partial charge in [-0.15, -0.1) is 11.8 Å². The van der Waals surface area contributed by atoms with Crippen LogP contribution in [0.5, 0.6) is 0 Å². The molecule has 1 aromatic rings. The van der Waals surface area contributed by atoms with Crippen LogP contribution in [0.15, 0.2) is 23.1 Å². The quantitative estimate of drug-likeness (QED) is 0.676. The predicted octanol–water partition coefficient (Wildman–Crippen LogP) is 2.64. The summed E-state index contributed by atoms with van der Waals surface area (Å²) >= 11 is 7.50. The maximum absolute atomic E-state index is 11.8. The van der Waals surface area contributed by atoms with E-state index in [2.05, 4.69) is 0 Å². The van der Waals surface area contributed by atoms with Crippen molar-refractivity contribution in [2.45, 2.75) is 23.8 Å². The molecule has 0 spiro atoms. The third-order valence-electron chi connectivity index (χ3n) is 2.80. The van der Waals surface area contributed by atoms with Crippen molar-refractivity contribution in [2.75, 3.05) is 18.5 Å². The van der Waals surface area contributed by atoms with Crippen molar-refractivity contribution in [2.24, 2.45) is 0 Å². The van der Waals surface area contributed by atoms with Crippen molar-refractivity contribution in [3.8, 4) is 0 Å². The number of hydrogen-bond donors (Lipinski definition) is 1.